The molecule has 7 nitrogen and oxygen atoms in total. The van der Waals surface area contributed by atoms with E-state index in [1.54, 1.807) is 6.07 Å². The Bertz CT molecular complexity index is 1140. The number of hydrogen-bond acceptors (Lipinski definition) is 5. The third-order valence-electron chi connectivity index (χ3n) is 3.74. The second-order valence-corrected chi connectivity index (χ2v) is 6.30. The van der Waals surface area contributed by atoms with Gasteiger partial charge in [-0.2, -0.15) is 17.5 Å². The van der Waals surface area contributed by atoms with Gasteiger partial charge < -0.3 is 5.73 Å². The van der Waals surface area contributed by atoms with Gasteiger partial charge in [0.05, 0.1) is 22.5 Å². The number of rotatable bonds is 3. The Morgan fingerprint density at radius 1 is 1.27 bits per heavy atom. The van der Waals surface area contributed by atoms with E-state index < -0.39 is 29.0 Å². The van der Waals surface area contributed by atoms with E-state index in [9.17, 15) is 27.6 Å². The first-order valence-corrected chi connectivity index (χ1v) is 7.94. The Kier molecular flexibility index (Phi) is 4.18. The van der Waals surface area contributed by atoms with E-state index in [0.717, 1.165) is 18.6 Å². The van der Waals surface area contributed by atoms with Crippen LogP contribution >= 0.6 is 11.5 Å². The number of hydrogen-bond donors (Lipinski definition) is 1. The zero-order chi connectivity index (χ0) is 19.2. The molecule has 0 bridgehead atoms. The van der Waals surface area contributed by atoms with Crippen LogP contribution in [0, 0.1) is 0 Å². The Morgan fingerprint density at radius 3 is 2.58 bits per heavy atom. The number of fused-ring (bicyclic) bond motifs is 1. The van der Waals surface area contributed by atoms with Crippen LogP contribution in [0.5, 0.6) is 0 Å². The van der Waals surface area contributed by atoms with Gasteiger partial charge in [-0.3, -0.25) is 14.2 Å². The highest BCUT2D eigenvalue weighted by Crippen LogP contribution is 2.28. The molecule has 3 rings (SSSR count). The van der Waals surface area contributed by atoms with Crippen molar-refractivity contribution in [1.29, 1.82) is 0 Å². The molecule has 0 saturated carbocycles. The summed E-state index contributed by atoms with van der Waals surface area (Å²) < 4.78 is 44.5. The fourth-order valence-electron chi connectivity index (χ4n) is 2.54. The van der Waals surface area contributed by atoms with Crippen LogP contribution in [0.25, 0.3) is 15.8 Å². The quantitative estimate of drug-likeness (QED) is 0.733. The van der Waals surface area contributed by atoms with Crippen molar-refractivity contribution < 1.29 is 18.0 Å². The van der Waals surface area contributed by atoms with Crippen molar-refractivity contribution in [3.8, 4) is 5.69 Å². The molecule has 11 heteroatoms. The van der Waals surface area contributed by atoms with E-state index in [-0.39, 0.29) is 12.1 Å². The number of alkyl halides is 3. The van der Waals surface area contributed by atoms with Gasteiger partial charge in [-0.25, -0.2) is 9.36 Å². The smallest absolute Gasteiger partial charge is 0.369 e. The lowest BCUT2D eigenvalue weighted by atomic mass is 10.1. The second kappa shape index (κ2) is 6.09. The molecule has 0 aliphatic carbocycles. The molecule has 0 unspecified atom stereocenters. The maximum Gasteiger partial charge on any atom is 0.431 e. The lowest BCUT2D eigenvalue weighted by molar-refractivity contribution is -0.144. The SMILES string of the molecule is Cn1c(C(F)(F)F)cc(=O)n(-c2ccc3snc(CC(N)=O)c3c2)c1=O. The van der Waals surface area contributed by atoms with Gasteiger partial charge in [0.2, 0.25) is 5.91 Å². The summed E-state index contributed by atoms with van der Waals surface area (Å²) in [6, 6.07) is 4.77. The van der Waals surface area contributed by atoms with Gasteiger partial charge in [-0.1, -0.05) is 0 Å². The van der Waals surface area contributed by atoms with Crippen LogP contribution in [0.2, 0.25) is 0 Å². The molecule has 0 radical (unpaired) electrons. The van der Waals surface area contributed by atoms with E-state index in [4.69, 9.17) is 5.73 Å². The molecule has 0 spiro atoms. The highest BCUT2D eigenvalue weighted by molar-refractivity contribution is 7.13. The van der Waals surface area contributed by atoms with Gasteiger partial charge in [0.1, 0.15) is 5.69 Å². The van der Waals surface area contributed by atoms with E-state index in [0.29, 0.717) is 31.0 Å². The van der Waals surface area contributed by atoms with Crippen molar-refractivity contribution in [2.75, 3.05) is 0 Å². The molecule has 26 heavy (non-hydrogen) atoms. The molecule has 2 aromatic heterocycles. The van der Waals surface area contributed by atoms with E-state index >= 15 is 0 Å². The molecular formula is C15H11F3N4O3S. The van der Waals surface area contributed by atoms with Crippen LogP contribution in [-0.2, 0) is 24.4 Å². The van der Waals surface area contributed by atoms with Crippen LogP contribution in [0.15, 0.2) is 33.9 Å². The number of aromatic nitrogens is 3. The van der Waals surface area contributed by atoms with Crippen LogP contribution < -0.4 is 17.0 Å². The van der Waals surface area contributed by atoms with Crippen LogP contribution in [0.4, 0.5) is 13.2 Å². The zero-order valence-corrected chi connectivity index (χ0v) is 14.0. The molecule has 1 aromatic carbocycles. The van der Waals surface area contributed by atoms with Crippen molar-refractivity contribution in [2.45, 2.75) is 12.6 Å². The lowest BCUT2D eigenvalue weighted by Crippen LogP contribution is -2.40. The summed E-state index contributed by atoms with van der Waals surface area (Å²) in [5.41, 5.74) is 2.02. The van der Waals surface area contributed by atoms with Crippen LogP contribution in [0.1, 0.15) is 11.4 Å². The second-order valence-electron chi connectivity index (χ2n) is 5.50. The summed E-state index contributed by atoms with van der Waals surface area (Å²) in [5.74, 6) is -0.606. The number of carbonyl (C=O) groups excluding carboxylic acids is 1. The average Bonchev–Trinajstić information content (AvgIpc) is 2.92. The van der Waals surface area contributed by atoms with Gasteiger partial charge in [0.25, 0.3) is 5.56 Å². The Labute approximate surface area is 147 Å². The third-order valence-corrected chi connectivity index (χ3v) is 4.60. The van der Waals surface area contributed by atoms with Gasteiger partial charge in [-0.15, -0.1) is 0 Å². The van der Waals surface area contributed by atoms with E-state index in [2.05, 4.69) is 4.37 Å². The lowest BCUT2D eigenvalue weighted by Gasteiger charge is -2.14. The Morgan fingerprint density at radius 2 is 1.96 bits per heavy atom. The molecule has 2 heterocycles. The third kappa shape index (κ3) is 3.01. The normalized spacial score (nSPS) is 11.8. The average molecular weight is 384 g/mol. The minimum atomic E-state index is -4.83. The van der Waals surface area contributed by atoms with Crippen molar-refractivity contribution in [1.82, 2.24) is 13.5 Å². The fraction of sp³-hybridized carbons (Fsp3) is 0.200. The molecule has 3 aromatic rings. The first kappa shape index (κ1) is 17.9. The van der Waals surface area contributed by atoms with Gasteiger partial charge in [-0.05, 0) is 29.7 Å². The number of nitrogens with two attached hydrogens (primary N) is 1. The van der Waals surface area contributed by atoms with Crippen LogP contribution in [0.3, 0.4) is 0 Å². The minimum Gasteiger partial charge on any atom is -0.369 e. The Hall–Kier alpha value is -2.95. The molecule has 1 amide bonds. The standard InChI is InChI=1S/C15H11F3N4O3S/c1-21-11(15(16,17)18)6-13(24)22(14(21)25)7-2-3-10-8(4-7)9(20-26-10)5-12(19)23/h2-4,6H,5H2,1H3,(H2,19,23). The number of nitrogens with zero attached hydrogens (tertiary/aromatic N) is 3. The molecule has 0 aliphatic heterocycles. The van der Waals surface area contributed by atoms with E-state index in [1.807, 2.05) is 0 Å². The molecule has 136 valence electrons. The van der Waals surface area contributed by atoms with Crippen molar-refractivity contribution in [2.24, 2.45) is 12.8 Å². The van der Waals surface area contributed by atoms with Crippen molar-refractivity contribution >= 4 is 27.5 Å². The molecular weight excluding hydrogens is 373 g/mol. The first-order chi connectivity index (χ1) is 12.1. The molecule has 0 atom stereocenters. The minimum absolute atomic E-state index is 0.0720. The zero-order valence-electron chi connectivity index (χ0n) is 13.2. The summed E-state index contributed by atoms with van der Waals surface area (Å²) in [5, 5.41) is 0.500. The fourth-order valence-corrected chi connectivity index (χ4v) is 3.32. The molecule has 0 fully saturated rings. The van der Waals surface area contributed by atoms with E-state index in [1.165, 1.54) is 12.1 Å². The topological polar surface area (TPSA) is 100.0 Å². The number of halogens is 3. The summed E-state index contributed by atoms with van der Waals surface area (Å²) in [4.78, 5) is 35.6. The van der Waals surface area contributed by atoms with Crippen molar-refractivity contribution in [3.63, 3.8) is 0 Å². The molecule has 0 aliphatic rings. The highest BCUT2D eigenvalue weighted by Gasteiger charge is 2.35. The first-order valence-electron chi connectivity index (χ1n) is 7.17. The largest absolute Gasteiger partial charge is 0.431 e. The highest BCUT2D eigenvalue weighted by atomic mass is 32.1. The maximum atomic E-state index is 12.9. The summed E-state index contributed by atoms with van der Waals surface area (Å²) in [6.07, 6.45) is -4.97. The summed E-state index contributed by atoms with van der Waals surface area (Å²) >= 11 is 1.10. The van der Waals surface area contributed by atoms with Gasteiger partial charge >= 0.3 is 11.9 Å². The van der Waals surface area contributed by atoms with Crippen molar-refractivity contribution in [3.05, 3.63) is 56.5 Å². The number of amides is 1. The van der Waals surface area contributed by atoms with Gasteiger partial charge in [0, 0.05) is 18.5 Å². The summed E-state index contributed by atoms with van der Waals surface area (Å²) in [6.45, 7) is 0. The predicted octanol–water partition coefficient (Wildman–Crippen LogP) is 1.19. The number of primary amides is 1. The molecule has 0 saturated heterocycles. The van der Waals surface area contributed by atoms with Crippen LogP contribution in [-0.4, -0.2) is 19.4 Å². The number of benzene rings is 1. The predicted molar refractivity (Wildman–Crippen MR) is 88.4 cm³/mol. The monoisotopic (exact) mass is 384 g/mol. The summed E-state index contributed by atoms with van der Waals surface area (Å²) in [7, 11) is 0.935. The molecule has 2 N–H and O–H groups in total. The maximum absolute atomic E-state index is 12.9. The Balaban J connectivity index is 2.24. The number of carbonyl (C=O) groups is 1. The van der Waals surface area contributed by atoms with Gasteiger partial charge in [0.15, 0.2) is 0 Å².